The predicted octanol–water partition coefficient (Wildman–Crippen LogP) is 1.13. The van der Waals surface area contributed by atoms with Crippen molar-refractivity contribution < 1.29 is 19.1 Å². The fourth-order valence-corrected chi connectivity index (χ4v) is 2.24. The van der Waals surface area contributed by atoms with E-state index in [-0.39, 0.29) is 18.3 Å². The minimum absolute atomic E-state index is 0.0712. The summed E-state index contributed by atoms with van der Waals surface area (Å²) in [4.78, 5) is 27.4. The Hall–Kier alpha value is -2.48. The van der Waals surface area contributed by atoms with Crippen LogP contribution in [0.15, 0.2) is 29.9 Å². The molecule has 0 saturated carbocycles. The molecule has 0 bridgehead atoms. The van der Waals surface area contributed by atoms with Crippen molar-refractivity contribution in [3.63, 3.8) is 0 Å². The van der Waals surface area contributed by atoms with Gasteiger partial charge in [-0.25, -0.2) is 4.98 Å². The number of carbonyl (C=O) groups is 2. The Morgan fingerprint density at radius 2 is 2.14 bits per heavy atom. The van der Waals surface area contributed by atoms with E-state index in [9.17, 15) is 14.8 Å². The molecule has 0 spiro atoms. The third kappa shape index (κ3) is 4.25. The molecule has 8 heteroatoms. The van der Waals surface area contributed by atoms with E-state index in [1.807, 2.05) is 0 Å². The van der Waals surface area contributed by atoms with E-state index in [1.165, 1.54) is 35.9 Å². The summed E-state index contributed by atoms with van der Waals surface area (Å²) in [5.74, 6) is -0.726. The number of hydrogen-bond acceptors (Lipinski definition) is 6. The van der Waals surface area contributed by atoms with Crippen LogP contribution in [0.25, 0.3) is 0 Å². The van der Waals surface area contributed by atoms with Crippen molar-refractivity contribution in [3.05, 3.63) is 46.4 Å². The van der Waals surface area contributed by atoms with Crippen LogP contribution in [0, 0.1) is 5.21 Å². The maximum Gasteiger partial charge on any atom is 0.311 e. The van der Waals surface area contributed by atoms with Crippen molar-refractivity contribution in [2.75, 3.05) is 11.9 Å². The summed E-state index contributed by atoms with van der Waals surface area (Å²) in [5.41, 5.74) is 0.892. The van der Waals surface area contributed by atoms with E-state index in [4.69, 9.17) is 4.74 Å². The van der Waals surface area contributed by atoms with E-state index in [0.717, 1.165) is 0 Å². The molecule has 0 aromatic carbocycles. The van der Waals surface area contributed by atoms with Gasteiger partial charge in [0.15, 0.2) is 17.5 Å². The highest BCUT2D eigenvalue weighted by molar-refractivity contribution is 7.14. The van der Waals surface area contributed by atoms with Gasteiger partial charge in [-0.15, -0.1) is 11.3 Å². The lowest BCUT2D eigenvalue weighted by Crippen LogP contribution is -2.25. The summed E-state index contributed by atoms with van der Waals surface area (Å²) in [6, 6.07) is 2.82. The predicted molar refractivity (Wildman–Crippen MR) is 75.8 cm³/mol. The quantitative estimate of drug-likeness (QED) is 0.507. The summed E-state index contributed by atoms with van der Waals surface area (Å²) >= 11 is 1.22. The zero-order valence-electron chi connectivity index (χ0n) is 11.2. The molecule has 2 aromatic heterocycles. The van der Waals surface area contributed by atoms with Crippen LogP contribution >= 0.6 is 11.3 Å². The Bertz CT molecular complexity index is 639. The number of thiazole rings is 1. The van der Waals surface area contributed by atoms with E-state index >= 15 is 0 Å². The van der Waals surface area contributed by atoms with Gasteiger partial charge in [0.1, 0.15) is 0 Å². The van der Waals surface area contributed by atoms with Crippen molar-refractivity contribution in [2.24, 2.45) is 0 Å². The van der Waals surface area contributed by atoms with Crippen LogP contribution in [0.1, 0.15) is 23.0 Å². The molecule has 2 heterocycles. The van der Waals surface area contributed by atoms with Gasteiger partial charge in [-0.1, -0.05) is 0 Å². The minimum Gasteiger partial charge on any atom is -0.619 e. The first kappa shape index (κ1) is 14.9. The van der Waals surface area contributed by atoms with Gasteiger partial charge in [0.2, 0.25) is 0 Å². The van der Waals surface area contributed by atoms with Gasteiger partial charge >= 0.3 is 5.97 Å². The summed E-state index contributed by atoms with van der Waals surface area (Å²) < 4.78 is 5.42. The fraction of sp³-hybridized carbons (Fsp3) is 0.231. The topological polar surface area (TPSA) is 95.2 Å². The standard InChI is InChI=1S/C13H13N3O4S/c1-2-20-11(17)7-10-8-21-13(14-10)15-12(18)9-3-5-16(19)6-4-9/h3-6,8H,2,7H2,1H3,(H,14,15,18). The summed E-state index contributed by atoms with van der Waals surface area (Å²) in [7, 11) is 0. The Labute approximate surface area is 124 Å². The van der Waals surface area contributed by atoms with Crippen LogP contribution in [-0.2, 0) is 16.0 Å². The number of anilines is 1. The Kier molecular flexibility index (Phi) is 4.83. The normalized spacial score (nSPS) is 10.1. The number of amides is 1. The highest BCUT2D eigenvalue weighted by atomic mass is 32.1. The SMILES string of the molecule is CCOC(=O)Cc1csc(NC(=O)c2cc[n+]([O-])cc2)n1. The number of pyridine rings is 1. The molecule has 0 unspecified atom stereocenters. The van der Waals surface area contributed by atoms with E-state index in [1.54, 1.807) is 12.3 Å². The molecular weight excluding hydrogens is 294 g/mol. The molecule has 2 rings (SSSR count). The number of ether oxygens (including phenoxy) is 1. The molecule has 7 nitrogen and oxygen atoms in total. The van der Waals surface area contributed by atoms with Crippen LogP contribution in [0.5, 0.6) is 0 Å². The first-order chi connectivity index (χ1) is 10.1. The van der Waals surface area contributed by atoms with E-state index in [2.05, 4.69) is 10.3 Å². The Morgan fingerprint density at radius 1 is 1.43 bits per heavy atom. The van der Waals surface area contributed by atoms with E-state index < -0.39 is 0 Å². The number of hydrogen-bond donors (Lipinski definition) is 1. The molecule has 0 aliphatic carbocycles. The molecule has 0 radical (unpaired) electrons. The number of carbonyl (C=O) groups excluding carboxylic acids is 2. The Balaban J connectivity index is 1.97. The monoisotopic (exact) mass is 307 g/mol. The maximum atomic E-state index is 11.9. The molecule has 0 saturated heterocycles. The largest absolute Gasteiger partial charge is 0.619 e. The van der Waals surface area contributed by atoms with Gasteiger partial charge in [-0.2, -0.15) is 4.73 Å². The summed E-state index contributed by atoms with van der Waals surface area (Å²) in [5, 5.41) is 15.6. The lowest BCUT2D eigenvalue weighted by Gasteiger charge is -2.01. The van der Waals surface area contributed by atoms with Crippen LogP contribution in [0.2, 0.25) is 0 Å². The maximum absolute atomic E-state index is 11.9. The average molecular weight is 307 g/mol. The second-order valence-corrected chi connectivity index (χ2v) is 4.88. The summed E-state index contributed by atoms with van der Waals surface area (Å²) in [6.45, 7) is 2.05. The Morgan fingerprint density at radius 3 is 2.81 bits per heavy atom. The molecule has 2 aromatic rings. The zero-order chi connectivity index (χ0) is 15.2. The van der Waals surface area contributed by atoms with Crippen molar-refractivity contribution in [3.8, 4) is 0 Å². The van der Waals surface area contributed by atoms with Crippen LogP contribution in [0.4, 0.5) is 5.13 Å². The molecule has 0 aliphatic heterocycles. The molecule has 110 valence electrons. The average Bonchev–Trinajstić information content (AvgIpc) is 2.86. The van der Waals surface area contributed by atoms with Crippen LogP contribution in [-0.4, -0.2) is 23.5 Å². The molecule has 1 N–H and O–H groups in total. The van der Waals surface area contributed by atoms with Gasteiger partial charge in [0.05, 0.1) is 24.3 Å². The third-order valence-electron chi connectivity index (χ3n) is 2.47. The third-order valence-corrected chi connectivity index (χ3v) is 3.27. The van der Waals surface area contributed by atoms with Crippen molar-refractivity contribution in [1.82, 2.24) is 4.98 Å². The zero-order valence-corrected chi connectivity index (χ0v) is 12.1. The second-order valence-electron chi connectivity index (χ2n) is 4.03. The van der Waals surface area contributed by atoms with Crippen LogP contribution < -0.4 is 10.0 Å². The second kappa shape index (κ2) is 6.80. The first-order valence-corrected chi connectivity index (χ1v) is 7.06. The van der Waals surface area contributed by atoms with Gasteiger partial charge in [0.25, 0.3) is 5.91 Å². The number of rotatable bonds is 5. The number of esters is 1. The van der Waals surface area contributed by atoms with Gasteiger partial charge < -0.3 is 9.94 Å². The van der Waals surface area contributed by atoms with E-state index in [0.29, 0.717) is 27.7 Å². The smallest absolute Gasteiger partial charge is 0.311 e. The van der Waals surface area contributed by atoms with Crippen molar-refractivity contribution >= 4 is 28.3 Å². The van der Waals surface area contributed by atoms with Gasteiger partial charge in [-0.3, -0.25) is 14.9 Å². The lowest BCUT2D eigenvalue weighted by molar-refractivity contribution is -0.605. The van der Waals surface area contributed by atoms with Crippen molar-refractivity contribution in [1.29, 1.82) is 0 Å². The summed E-state index contributed by atoms with van der Waals surface area (Å²) in [6.07, 6.45) is 2.55. The van der Waals surface area contributed by atoms with Gasteiger partial charge in [-0.05, 0) is 6.92 Å². The first-order valence-electron chi connectivity index (χ1n) is 6.18. The van der Waals surface area contributed by atoms with Crippen LogP contribution in [0.3, 0.4) is 0 Å². The van der Waals surface area contributed by atoms with Gasteiger partial charge in [0, 0.05) is 17.5 Å². The molecule has 21 heavy (non-hydrogen) atoms. The molecule has 1 amide bonds. The molecular formula is C13H13N3O4S. The number of nitrogens with zero attached hydrogens (tertiary/aromatic N) is 2. The lowest BCUT2D eigenvalue weighted by atomic mass is 10.2. The molecule has 0 fully saturated rings. The number of aromatic nitrogens is 2. The molecule has 0 atom stereocenters. The minimum atomic E-state index is -0.368. The number of nitrogens with one attached hydrogen (secondary N) is 1. The highest BCUT2D eigenvalue weighted by Gasteiger charge is 2.12. The highest BCUT2D eigenvalue weighted by Crippen LogP contribution is 2.17. The van der Waals surface area contributed by atoms with Crippen molar-refractivity contribution in [2.45, 2.75) is 13.3 Å². The molecule has 0 aliphatic rings. The fourth-order valence-electron chi connectivity index (χ4n) is 1.54.